The summed E-state index contributed by atoms with van der Waals surface area (Å²) in [5.74, 6) is 0.0125. The second kappa shape index (κ2) is 11.0. The molecular weight excluding hydrogens is 272 g/mol. The highest BCUT2D eigenvalue weighted by Gasteiger charge is 2.02. The highest BCUT2D eigenvalue weighted by atomic mass is 16.2. The van der Waals surface area contributed by atoms with E-state index >= 15 is 0 Å². The number of benzene rings is 1. The summed E-state index contributed by atoms with van der Waals surface area (Å²) >= 11 is 0. The molecule has 0 fully saturated rings. The van der Waals surface area contributed by atoms with Crippen molar-refractivity contribution in [2.75, 3.05) is 0 Å². The topological polar surface area (TPSA) is 41.5 Å². The van der Waals surface area contributed by atoms with Gasteiger partial charge in [-0.05, 0) is 30.9 Å². The number of carbonyl (C=O) groups excluding carboxylic acids is 1. The van der Waals surface area contributed by atoms with Crippen LogP contribution in [-0.4, -0.2) is 11.6 Å². The average molecular weight is 302 g/mol. The number of rotatable bonds is 10. The zero-order valence-corrected chi connectivity index (χ0v) is 14.3. The largest absolute Gasteiger partial charge is 0.273 e. The van der Waals surface area contributed by atoms with Crippen LogP contribution < -0.4 is 5.43 Å². The minimum Gasteiger partial charge on any atom is -0.273 e. The van der Waals surface area contributed by atoms with Crippen LogP contribution >= 0.6 is 0 Å². The van der Waals surface area contributed by atoms with Crippen molar-refractivity contribution in [3.63, 3.8) is 0 Å². The second-order valence-corrected chi connectivity index (χ2v) is 5.84. The Kier molecular flexibility index (Phi) is 9.20. The summed E-state index contributed by atoms with van der Waals surface area (Å²) < 4.78 is 0. The minimum atomic E-state index is 0.0125. The van der Waals surface area contributed by atoms with Crippen molar-refractivity contribution in [2.45, 2.75) is 72.1 Å². The van der Waals surface area contributed by atoms with Gasteiger partial charge in [-0.15, -0.1) is 0 Å². The molecular formula is C19H30N2O. The van der Waals surface area contributed by atoms with Crippen molar-refractivity contribution < 1.29 is 4.79 Å². The molecule has 0 radical (unpaired) electrons. The fraction of sp³-hybridized carbons (Fsp3) is 0.579. The first-order valence-electron chi connectivity index (χ1n) is 8.59. The Hall–Kier alpha value is -1.64. The Labute approximate surface area is 135 Å². The smallest absolute Gasteiger partial charge is 0.240 e. The minimum absolute atomic E-state index is 0.0125. The molecule has 0 aromatic heterocycles. The molecule has 0 aliphatic rings. The second-order valence-electron chi connectivity index (χ2n) is 5.84. The molecule has 0 saturated heterocycles. The number of carbonyl (C=O) groups is 1. The molecule has 0 bridgehead atoms. The van der Waals surface area contributed by atoms with Crippen molar-refractivity contribution in [1.29, 1.82) is 0 Å². The van der Waals surface area contributed by atoms with Gasteiger partial charge in [0.25, 0.3) is 0 Å². The third kappa shape index (κ3) is 7.39. The maximum Gasteiger partial charge on any atom is 0.240 e. The van der Waals surface area contributed by atoms with Gasteiger partial charge >= 0.3 is 0 Å². The number of nitrogens with zero attached hydrogens (tertiary/aromatic N) is 1. The fourth-order valence-electron chi connectivity index (χ4n) is 2.36. The van der Waals surface area contributed by atoms with Crippen molar-refractivity contribution >= 4 is 11.6 Å². The zero-order valence-electron chi connectivity index (χ0n) is 14.3. The lowest BCUT2D eigenvalue weighted by atomic mass is 10.1. The summed E-state index contributed by atoms with van der Waals surface area (Å²) in [4.78, 5) is 11.7. The monoisotopic (exact) mass is 302 g/mol. The summed E-state index contributed by atoms with van der Waals surface area (Å²) in [7, 11) is 0. The highest BCUT2D eigenvalue weighted by Crippen LogP contribution is 2.08. The van der Waals surface area contributed by atoms with Crippen LogP contribution in [0.15, 0.2) is 29.4 Å². The molecule has 0 aliphatic carbocycles. The van der Waals surface area contributed by atoms with Gasteiger partial charge < -0.3 is 0 Å². The molecule has 0 saturated carbocycles. The molecule has 0 atom stereocenters. The van der Waals surface area contributed by atoms with E-state index in [4.69, 9.17) is 0 Å². The average Bonchev–Trinajstić information content (AvgIpc) is 2.53. The third-order valence-corrected chi connectivity index (χ3v) is 3.77. The van der Waals surface area contributed by atoms with Gasteiger partial charge in [-0.2, -0.15) is 5.10 Å². The van der Waals surface area contributed by atoms with Crippen LogP contribution in [-0.2, 0) is 11.2 Å². The van der Waals surface area contributed by atoms with E-state index in [9.17, 15) is 4.79 Å². The molecule has 0 aliphatic heterocycles. The van der Waals surface area contributed by atoms with Gasteiger partial charge in [0.15, 0.2) is 0 Å². The number of nitrogens with one attached hydrogen (secondary N) is 1. The van der Waals surface area contributed by atoms with Gasteiger partial charge in [0.1, 0.15) is 0 Å². The molecule has 1 amide bonds. The van der Waals surface area contributed by atoms with E-state index in [1.54, 1.807) is 0 Å². The van der Waals surface area contributed by atoms with Gasteiger partial charge in [-0.1, -0.05) is 70.2 Å². The number of unbranched alkanes of at least 4 members (excludes halogenated alkanes) is 4. The Bertz CT molecular complexity index is 463. The number of amides is 1. The molecule has 3 heteroatoms. The van der Waals surface area contributed by atoms with Crippen molar-refractivity contribution in [3.05, 3.63) is 35.4 Å². The normalized spacial score (nSPS) is 11.5. The van der Waals surface area contributed by atoms with Crippen molar-refractivity contribution in [3.8, 4) is 0 Å². The van der Waals surface area contributed by atoms with Gasteiger partial charge in [0, 0.05) is 6.42 Å². The van der Waals surface area contributed by atoms with E-state index in [0.29, 0.717) is 6.42 Å². The summed E-state index contributed by atoms with van der Waals surface area (Å²) in [5.41, 5.74) is 5.91. The molecule has 1 aromatic rings. The predicted octanol–water partition coefficient (Wildman–Crippen LogP) is 4.84. The zero-order chi connectivity index (χ0) is 16.2. The SMILES string of the molecule is CCCCCCCC(=O)NN=C(C)c1ccc(CCC)cc1. The maximum atomic E-state index is 11.7. The van der Waals surface area contributed by atoms with Crippen LogP contribution in [0.4, 0.5) is 0 Å². The Balaban J connectivity index is 2.36. The summed E-state index contributed by atoms with van der Waals surface area (Å²) in [6.45, 7) is 6.30. The highest BCUT2D eigenvalue weighted by molar-refractivity contribution is 5.99. The van der Waals surface area contributed by atoms with E-state index in [1.807, 2.05) is 6.92 Å². The number of aryl methyl sites for hydroxylation is 1. The van der Waals surface area contributed by atoms with E-state index in [2.05, 4.69) is 48.6 Å². The van der Waals surface area contributed by atoms with Crippen LogP contribution in [0.3, 0.4) is 0 Å². The van der Waals surface area contributed by atoms with Crippen molar-refractivity contribution in [2.24, 2.45) is 5.10 Å². The molecule has 1 aromatic carbocycles. The lowest BCUT2D eigenvalue weighted by molar-refractivity contribution is -0.121. The fourth-order valence-corrected chi connectivity index (χ4v) is 2.36. The first-order valence-corrected chi connectivity index (χ1v) is 8.59. The number of hydrazone groups is 1. The Morgan fingerprint density at radius 2 is 1.68 bits per heavy atom. The maximum absolute atomic E-state index is 11.7. The Morgan fingerprint density at radius 1 is 1.00 bits per heavy atom. The Morgan fingerprint density at radius 3 is 2.32 bits per heavy atom. The lowest BCUT2D eigenvalue weighted by Crippen LogP contribution is -2.18. The van der Waals surface area contributed by atoms with Crippen LogP contribution in [0.2, 0.25) is 0 Å². The van der Waals surface area contributed by atoms with E-state index < -0.39 is 0 Å². The summed E-state index contributed by atoms with van der Waals surface area (Å²) in [6.07, 6.45) is 8.60. The molecule has 22 heavy (non-hydrogen) atoms. The van der Waals surface area contributed by atoms with E-state index in [1.165, 1.54) is 24.8 Å². The van der Waals surface area contributed by atoms with Crippen LogP contribution in [0, 0.1) is 0 Å². The first kappa shape index (κ1) is 18.4. The molecule has 0 unspecified atom stereocenters. The third-order valence-electron chi connectivity index (χ3n) is 3.77. The van der Waals surface area contributed by atoms with Gasteiger partial charge in [0.2, 0.25) is 5.91 Å². The standard InChI is InChI=1S/C19H30N2O/c1-4-6-7-8-9-11-19(22)21-20-16(3)18-14-12-17(10-5-2)13-15-18/h12-15H,4-11H2,1-3H3,(H,21,22). The van der Waals surface area contributed by atoms with Gasteiger partial charge in [0.05, 0.1) is 5.71 Å². The molecule has 1 rings (SSSR count). The number of hydrogen-bond donors (Lipinski definition) is 1. The van der Waals surface area contributed by atoms with Gasteiger partial charge in [-0.25, -0.2) is 5.43 Å². The first-order chi connectivity index (χ1) is 10.7. The molecule has 1 N–H and O–H groups in total. The molecule has 0 heterocycles. The van der Waals surface area contributed by atoms with Crippen LogP contribution in [0.5, 0.6) is 0 Å². The summed E-state index contributed by atoms with van der Waals surface area (Å²) in [5, 5.41) is 4.20. The summed E-state index contributed by atoms with van der Waals surface area (Å²) in [6, 6.07) is 8.41. The van der Waals surface area contributed by atoms with Gasteiger partial charge in [-0.3, -0.25) is 4.79 Å². The molecule has 122 valence electrons. The predicted molar refractivity (Wildman–Crippen MR) is 94.2 cm³/mol. The van der Waals surface area contributed by atoms with E-state index in [0.717, 1.165) is 37.0 Å². The molecule has 0 spiro atoms. The van der Waals surface area contributed by atoms with E-state index in [-0.39, 0.29) is 5.91 Å². The lowest BCUT2D eigenvalue weighted by Gasteiger charge is -2.04. The van der Waals surface area contributed by atoms with Crippen LogP contribution in [0.25, 0.3) is 0 Å². The quantitative estimate of drug-likeness (QED) is 0.375. The number of hydrogen-bond acceptors (Lipinski definition) is 2. The molecule has 3 nitrogen and oxygen atoms in total. The van der Waals surface area contributed by atoms with Crippen molar-refractivity contribution in [1.82, 2.24) is 5.43 Å². The van der Waals surface area contributed by atoms with Crippen LogP contribution in [0.1, 0.15) is 76.8 Å².